The van der Waals surface area contributed by atoms with Crippen LogP contribution < -0.4 is 10.9 Å². The fourth-order valence-corrected chi connectivity index (χ4v) is 5.51. The maximum absolute atomic E-state index is 13.8. The van der Waals surface area contributed by atoms with Crippen LogP contribution in [0.4, 0.5) is 0 Å². The van der Waals surface area contributed by atoms with Crippen molar-refractivity contribution in [3.63, 3.8) is 0 Å². The van der Waals surface area contributed by atoms with Gasteiger partial charge in [0, 0.05) is 17.0 Å². The molecule has 0 saturated heterocycles. The SMILES string of the molecule is CCCCNC(=O)CSc1nc2sc(C)c(-c3ccccc3)c2c(=O)n1-c1ccccc1. The highest BCUT2D eigenvalue weighted by atomic mass is 32.2. The van der Waals surface area contributed by atoms with E-state index in [1.807, 2.05) is 67.6 Å². The summed E-state index contributed by atoms with van der Waals surface area (Å²) in [4.78, 5) is 32.7. The number of carbonyl (C=O) groups excluding carboxylic acids is 1. The zero-order valence-corrected chi connectivity index (χ0v) is 19.8. The Hall–Kier alpha value is -2.90. The van der Waals surface area contributed by atoms with E-state index in [9.17, 15) is 9.59 Å². The number of unbranched alkanes of at least 4 members (excludes halogenated alkanes) is 1. The lowest BCUT2D eigenvalue weighted by Gasteiger charge is -2.13. The smallest absolute Gasteiger partial charge is 0.268 e. The van der Waals surface area contributed by atoms with Crippen molar-refractivity contribution in [1.29, 1.82) is 0 Å². The van der Waals surface area contributed by atoms with Crippen LogP contribution in [0.2, 0.25) is 0 Å². The molecule has 2 heterocycles. The summed E-state index contributed by atoms with van der Waals surface area (Å²) in [5.74, 6) is 0.162. The molecule has 32 heavy (non-hydrogen) atoms. The molecule has 0 aliphatic heterocycles. The van der Waals surface area contributed by atoms with Crippen molar-refractivity contribution in [1.82, 2.24) is 14.9 Å². The Labute approximate surface area is 195 Å². The summed E-state index contributed by atoms with van der Waals surface area (Å²) < 4.78 is 1.63. The predicted molar refractivity (Wildman–Crippen MR) is 134 cm³/mol. The first-order valence-electron chi connectivity index (χ1n) is 10.7. The van der Waals surface area contributed by atoms with Crippen LogP contribution in [0.15, 0.2) is 70.6 Å². The molecule has 7 heteroatoms. The third kappa shape index (κ3) is 4.64. The molecule has 0 bridgehead atoms. The number of para-hydroxylation sites is 1. The summed E-state index contributed by atoms with van der Waals surface area (Å²) in [6.45, 7) is 4.78. The first kappa shape index (κ1) is 22.3. The minimum Gasteiger partial charge on any atom is -0.355 e. The van der Waals surface area contributed by atoms with Crippen molar-refractivity contribution in [2.75, 3.05) is 12.3 Å². The summed E-state index contributed by atoms with van der Waals surface area (Å²) in [5, 5.41) is 4.08. The maximum Gasteiger partial charge on any atom is 0.268 e. The topological polar surface area (TPSA) is 64.0 Å². The van der Waals surface area contributed by atoms with E-state index in [0.717, 1.165) is 34.5 Å². The number of hydrogen-bond donors (Lipinski definition) is 1. The number of thiophene rings is 1. The number of rotatable bonds is 8. The first-order chi connectivity index (χ1) is 15.6. The van der Waals surface area contributed by atoms with Crippen LogP contribution in [0.25, 0.3) is 27.0 Å². The van der Waals surface area contributed by atoms with E-state index >= 15 is 0 Å². The molecule has 0 spiro atoms. The summed E-state index contributed by atoms with van der Waals surface area (Å²) in [7, 11) is 0. The Kier molecular flexibility index (Phi) is 7.07. The number of aryl methyl sites for hydroxylation is 1. The molecule has 5 nitrogen and oxygen atoms in total. The van der Waals surface area contributed by atoms with Gasteiger partial charge in [-0.3, -0.25) is 14.2 Å². The Morgan fingerprint density at radius 3 is 2.47 bits per heavy atom. The minimum absolute atomic E-state index is 0.0512. The second kappa shape index (κ2) is 10.1. The van der Waals surface area contributed by atoms with Crippen molar-refractivity contribution >= 4 is 39.2 Å². The van der Waals surface area contributed by atoms with E-state index in [1.54, 1.807) is 4.57 Å². The van der Waals surface area contributed by atoms with Crippen molar-refractivity contribution in [3.8, 4) is 16.8 Å². The van der Waals surface area contributed by atoms with Crippen LogP contribution in [-0.4, -0.2) is 27.8 Å². The van der Waals surface area contributed by atoms with Gasteiger partial charge in [0.25, 0.3) is 5.56 Å². The molecular weight excluding hydrogens is 438 g/mol. The fraction of sp³-hybridized carbons (Fsp3) is 0.240. The fourth-order valence-electron chi connectivity index (χ4n) is 3.58. The summed E-state index contributed by atoms with van der Waals surface area (Å²) in [5.41, 5.74) is 2.56. The van der Waals surface area contributed by atoms with Gasteiger partial charge in [-0.15, -0.1) is 11.3 Å². The van der Waals surface area contributed by atoms with Gasteiger partial charge in [-0.25, -0.2) is 4.98 Å². The lowest BCUT2D eigenvalue weighted by atomic mass is 10.0. The molecule has 0 saturated carbocycles. The van der Waals surface area contributed by atoms with E-state index in [4.69, 9.17) is 4.98 Å². The van der Waals surface area contributed by atoms with Crippen molar-refractivity contribution in [2.45, 2.75) is 31.8 Å². The molecule has 0 fully saturated rings. The highest BCUT2D eigenvalue weighted by Gasteiger charge is 2.21. The van der Waals surface area contributed by atoms with Gasteiger partial charge in [0.15, 0.2) is 5.16 Å². The average Bonchev–Trinajstić information content (AvgIpc) is 3.15. The number of amides is 1. The van der Waals surface area contributed by atoms with Crippen LogP contribution in [0, 0.1) is 6.92 Å². The summed E-state index contributed by atoms with van der Waals surface area (Å²) >= 11 is 2.81. The van der Waals surface area contributed by atoms with E-state index in [2.05, 4.69) is 12.2 Å². The molecule has 4 rings (SSSR count). The highest BCUT2D eigenvalue weighted by molar-refractivity contribution is 7.99. The molecule has 0 radical (unpaired) electrons. The maximum atomic E-state index is 13.8. The predicted octanol–water partition coefficient (Wildman–Crippen LogP) is 5.43. The molecule has 1 amide bonds. The number of fused-ring (bicyclic) bond motifs is 1. The van der Waals surface area contributed by atoms with Gasteiger partial charge in [-0.1, -0.05) is 73.6 Å². The van der Waals surface area contributed by atoms with Crippen molar-refractivity contribution in [3.05, 3.63) is 75.9 Å². The van der Waals surface area contributed by atoms with E-state index < -0.39 is 0 Å². The van der Waals surface area contributed by atoms with Crippen LogP contribution in [0.1, 0.15) is 24.6 Å². The molecule has 4 aromatic rings. The van der Waals surface area contributed by atoms with Gasteiger partial charge >= 0.3 is 0 Å². The highest BCUT2D eigenvalue weighted by Crippen LogP contribution is 2.36. The minimum atomic E-state index is -0.113. The largest absolute Gasteiger partial charge is 0.355 e. The molecule has 2 aromatic heterocycles. The Bertz CT molecular complexity index is 1280. The van der Waals surface area contributed by atoms with E-state index in [1.165, 1.54) is 23.1 Å². The lowest BCUT2D eigenvalue weighted by Crippen LogP contribution is -2.27. The zero-order chi connectivity index (χ0) is 22.5. The van der Waals surface area contributed by atoms with Crippen LogP contribution in [-0.2, 0) is 4.79 Å². The molecule has 1 N–H and O–H groups in total. The van der Waals surface area contributed by atoms with Gasteiger partial charge in [-0.2, -0.15) is 0 Å². The van der Waals surface area contributed by atoms with Gasteiger partial charge in [0.05, 0.1) is 16.8 Å². The Morgan fingerprint density at radius 2 is 1.78 bits per heavy atom. The second-order valence-corrected chi connectivity index (χ2v) is 9.59. The third-order valence-electron chi connectivity index (χ3n) is 5.13. The van der Waals surface area contributed by atoms with Gasteiger partial charge < -0.3 is 5.32 Å². The molecule has 0 aliphatic carbocycles. The number of hydrogen-bond acceptors (Lipinski definition) is 5. The molecule has 0 aliphatic rings. The van der Waals surface area contributed by atoms with Crippen LogP contribution >= 0.6 is 23.1 Å². The molecule has 164 valence electrons. The number of benzene rings is 2. The van der Waals surface area contributed by atoms with Gasteiger partial charge in [-0.05, 0) is 31.0 Å². The van der Waals surface area contributed by atoms with Crippen LogP contribution in [0.5, 0.6) is 0 Å². The zero-order valence-electron chi connectivity index (χ0n) is 18.1. The summed E-state index contributed by atoms with van der Waals surface area (Å²) in [6.07, 6.45) is 1.98. The average molecular weight is 464 g/mol. The molecule has 2 aromatic carbocycles. The second-order valence-electron chi connectivity index (χ2n) is 7.44. The van der Waals surface area contributed by atoms with Crippen molar-refractivity contribution in [2.24, 2.45) is 0 Å². The van der Waals surface area contributed by atoms with E-state index in [-0.39, 0.29) is 17.2 Å². The standard InChI is InChI=1S/C25H25N3O2S2/c1-3-4-15-26-20(29)16-31-25-27-23-22(24(30)28(25)19-13-9-6-10-14-19)21(17(2)32-23)18-11-7-5-8-12-18/h5-14H,3-4,15-16H2,1-2H3,(H,26,29). The quantitative estimate of drug-likeness (QED) is 0.215. The van der Waals surface area contributed by atoms with Crippen molar-refractivity contribution < 1.29 is 4.79 Å². The van der Waals surface area contributed by atoms with Crippen LogP contribution in [0.3, 0.4) is 0 Å². The van der Waals surface area contributed by atoms with Gasteiger partial charge in [0.2, 0.25) is 5.91 Å². The van der Waals surface area contributed by atoms with E-state index in [0.29, 0.717) is 21.9 Å². The number of carbonyl (C=O) groups is 1. The molecule has 0 atom stereocenters. The summed E-state index contributed by atoms with van der Waals surface area (Å²) in [6, 6.07) is 19.4. The number of nitrogens with one attached hydrogen (secondary N) is 1. The number of thioether (sulfide) groups is 1. The number of nitrogens with zero attached hydrogens (tertiary/aromatic N) is 2. The lowest BCUT2D eigenvalue weighted by molar-refractivity contribution is -0.118. The Balaban J connectivity index is 1.82. The van der Waals surface area contributed by atoms with Gasteiger partial charge in [0.1, 0.15) is 4.83 Å². The number of aromatic nitrogens is 2. The monoisotopic (exact) mass is 463 g/mol. The normalized spacial score (nSPS) is 11.1. The molecular formula is C25H25N3O2S2. The first-order valence-corrected chi connectivity index (χ1v) is 12.5. The molecule has 0 unspecified atom stereocenters. The Morgan fingerprint density at radius 1 is 1.09 bits per heavy atom. The third-order valence-corrected chi connectivity index (χ3v) is 7.07.